The third-order valence-corrected chi connectivity index (χ3v) is 9.47. The van der Waals surface area contributed by atoms with Gasteiger partial charge < -0.3 is 4.74 Å². The number of esters is 1. The summed E-state index contributed by atoms with van der Waals surface area (Å²) in [5, 5.41) is 0. The van der Waals surface area contributed by atoms with E-state index < -0.39 is 12.0 Å². The number of benzene rings is 1. The molecule has 28 heavy (non-hydrogen) atoms. The van der Waals surface area contributed by atoms with Gasteiger partial charge in [0.05, 0.1) is 11.8 Å². The number of amides is 2. The van der Waals surface area contributed by atoms with Crippen molar-refractivity contribution < 1.29 is 19.1 Å². The minimum absolute atomic E-state index is 0.130. The number of carbonyl (C=O) groups is 3. The Bertz CT molecular complexity index is 767. The first-order valence-corrected chi connectivity index (χ1v) is 11.6. The minimum atomic E-state index is -0.882. The van der Waals surface area contributed by atoms with Crippen molar-refractivity contribution in [3.05, 3.63) is 30.3 Å². The molecule has 1 aromatic carbocycles. The standard InChI is InChI=1S/C21H23Br2NO4/c1-10(2)8-14(21(27)28-11-6-4-3-5-7-11)24-19(25)15-12-9-13(16(15)20(24)26)18(23)17(12)22/h3-7,10,12-18H,8-9H2,1-2H3/t12-,13+,14-,15+,16-,17+,18+/m0/s1. The van der Waals surface area contributed by atoms with Crippen molar-refractivity contribution in [3.8, 4) is 5.75 Å². The first-order chi connectivity index (χ1) is 13.3. The van der Waals surface area contributed by atoms with E-state index in [1.165, 1.54) is 4.90 Å². The highest BCUT2D eigenvalue weighted by Crippen LogP contribution is 2.60. The molecule has 0 N–H and O–H groups in total. The molecule has 2 bridgehead atoms. The molecule has 0 aromatic heterocycles. The molecule has 1 heterocycles. The van der Waals surface area contributed by atoms with E-state index in [0.29, 0.717) is 12.2 Å². The summed E-state index contributed by atoms with van der Waals surface area (Å²) in [7, 11) is 0. The van der Waals surface area contributed by atoms with Crippen LogP contribution in [0, 0.1) is 29.6 Å². The molecule has 1 saturated heterocycles. The lowest BCUT2D eigenvalue weighted by Gasteiger charge is -2.28. The number of ether oxygens (including phenoxy) is 1. The Morgan fingerprint density at radius 2 is 1.61 bits per heavy atom. The monoisotopic (exact) mass is 511 g/mol. The van der Waals surface area contributed by atoms with E-state index >= 15 is 0 Å². The Hall–Kier alpha value is -1.21. The molecule has 0 radical (unpaired) electrons. The van der Waals surface area contributed by atoms with Gasteiger partial charge in [0.25, 0.3) is 0 Å². The predicted octanol–water partition coefficient (Wildman–Crippen LogP) is 3.78. The van der Waals surface area contributed by atoms with E-state index in [1.54, 1.807) is 24.3 Å². The number of fused-ring (bicyclic) bond motifs is 5. The summed E-state index contributed by atoms with van der Waals surface area (Å²) in [6.45, 7) is 3.95. The van der Waals surface area contributed by atoms with Crippen molar-refractivity contribution in [1.29, 1.82) is 0 Å². The van der Waals surface area contributed by atoms with E-state index in [2.05, 4.69) is 31.9 Å². The number of nitrogens with zero attached hydrogens (tertiary/aromatic N) is 1. The zero-order valence-electron chi connectivity index (χ0n) is 15.8. The minimum Gasteiger partial charge on any atom is -0.425 e. The number of alkyl halides is 2. The molecule has 4 rings (SSSR count). The summed E-state index contributed by atoms with van der Waals surface area (Å²) < 4.78 is 5.52. The summed E-state index contributed by atoms with van der Waals surface area (Å²) in [5.41, 5.74) is 0. The van der Waals surface area contributed by atoms with Crippen molar-refractivity contribution in [1.82, 2.24) is 4.90 Å². The van der Waals surface area contributed by atoms with Crippen LogP contribution in [-0.4, -0.2) is 38.4 Å². The topological polar surface area (TPSA) is 63.7 Å². The Labute approximate surface area is 181 Å². The molecule has 2 aliphatic carbocycles. The fourth-order valence-electron chi connectivity index (χ4n) is 5.11. The molecule has 7 atom stereocenters. The van der Waals surface area contributed by atoms with Crippen LogP contribution in [0.25, 0.3) is 0 Å². The molecule has 3 fully saturated rings. The number of likely N-dealkylation sites (tertiary alicyclic amines) is 1. The van der Waals surface area contributed by atoms with Gasteiger partial charge in [0.15, 0.2) is 0 Å². The molecular formula is C21H23Br2NO4. The van der Waals surface area contributed by atoms with E-state index in [4.69, 9.17) is 4.74 Å². The molecule has 2 amide bonds. The lowest BCUT2D eigenvalue weighted by Crippen LogP contribution is -2.48. The Morgan fingerprint density at radius 1 is 1.07 bits per heavy atom. The van der Waals surface area contributed by atoms with Gasteiger partial charge >= 0.3 is 5.97 Å². The van der Waals surface area contributed by atoms with Gasteiger partial charge in [0, 0.05) is 9.65 Å². The number of carbonyl (C=O) groups excluding carboxylic acids is 3. The second-order valence-electron chi connectivity index (χ2n) is 8.43. The first-order valence-electron chi connectivity index (χ1n) is 9.73. The van der Waals surface area contributed by atoms with Gasteiger partial charge in [-0.1, -0.05) is 63.9 Å². The zero-order chi connectivity index (χ0) is 20.2. The molecule has 0 spiro atoms. The van der Waals surface area contributed by atoms with Crippen molar-refractivity contribution in [2.24, 2.45) is 29.6 Å². The normalized spacial score (nSPS) is 34.8. The molecule has 1 aliphatic heterocycles. The van der Waals surface area contributed by atoms with E-state index in [9.17, 15) is 14.4 Å². The lowest BCUT2D eigenvalue weighted by atomic mass is 9.81. The number of hydrogen-bond donors (Lipinski definition) is 0. The van der Waals surface area contributed by atoms with Crippen LogP contribution < -0.4 is 4.74 Å². The number of para-hydroxylation sites is 1. The third kappa shape index (κ3) is 3.15. The van der Waals surface area contributed by atoms with E-state index in [1.807, 2.05) is 19.9 Å². The summed E-state index contributed by atoms with van der Waals surface area (Å²) in [6, 6.07) is 7.89. The largest absolute Gasteiger partial charge is 0.425 e. The van der Waals surface area contributed by atoms with E-state index in [0.717, 1.165) is 6.42 Å². The van der Waals surface area contributed by atoms with Gasteiger partial charge in [-0.15, -0.1) is 0 Å². The van der Waals surface area contributed by atoms with Crippen molar-refractivity contribution in [3.63, 3.8) is 0 Å². The van der Waals surface area contributed by atoms with Crippen LogP contribution in [-0.2, 0) is 14.4 Å². The summed E-state index contributed by atoms with van der Waals surface area (Å²) in [4.78, 5) is 41.1. The average molecular weight is 513 g/mol. The number of halogens is 2. The SMILES string of the molecule is CC(C)C[C@@H](C(=O)Oc1ccccc1)N1C(=O)[C@@H]2[C@@H]3C[C@@H]([C@@H](Br)[C@@H]3Br)[C@@H]2C1=O. The maximum atomic E-state index is 13.3. The Morgan fingerprint density at radius 3 is 2.11 bits per heavy atom. The summed E-state index contributed by atoms with van der Waals surface area (Å²) in [5.74, 6) is -0.787. The zero-order valence-corrected chi connectivity index (χ0v) is 18.9. The van der Waals surface area contributed by atoms with Gasteiger partial charge in [-0.3, -0.25) is 14.5 Å². The van der Waals surface area contributed by atoms with E-state index in [-0.39, 0.29) is 51.1 Å². The van der Waals surface area contributed by atoms with Crippen molar-refractivity contribution in [2.75, 3.05) is 0 Å². The molecular weight excluding hydrogens is 490 g/mol. The second kappa shape index (κ2) is 7.56. The molecule has 0 unspecified atom stereocenters. The van der Waals surface area contributed by atoms with Gasteiger partial charge in [-0.25, -0.2) is 4.79 Å². The number of rotatable bonds is 5. The van der Waals surface area contributed by atoms with Crippen LogP contribution in [0.1, 0.15) is 26.7 Å². The lowest BCUT2D eigenvalue weighted by molar-refractivity contribution is -0.154. The van der Waals surface area contributed by atoms with Gasteiger partial charge in [0.2, 0.25) is 11.8 Å². The summed E-state index contributed by atoms with van der Waals surface area (Å²) in [6.07, 6.45) is 1.27. The van der Waals surface area contributed by atoms with Crippen LogP contribution in [0.15, 0.2) is 30.3 Å². The molecule has 7 heteroatoms. The second-order valence-corrected chi connectivity index (χ2v) is 10.5. The highest BCUT2D eigenvalue weighted by Gasteiger charge is 2.67. The van der Waals surface area contributed by atoms with Crippen molar-refractivity contribution >= 4 is 49.6 Å². The first kappa shape index (κ1) is 20.1. The molecule has 3 aliphatic rings. The Balaban J connectivity index is 1.61. The fourth-order valence-corrected chi connectivity index (χ4v) is 6.98. The highest BCUT2D eigenvalue weighted by atomic mass is 79.9. The van der Waals surface area contributed by atoms with Gasteiger partial charge in [-0.2, -0.15) is 0 Å². The quantitative estimate of drug-likeness (QED) is 0.260. The average Bonchev–Trinajstić information content (AvgIpc) is 3.26. The maximum Gasteiger partial charge on any atom is 0.334 e. The van der Waals surface area contributed by atoms with Crippen molar-refractivity contribution in [2.45, 2.75) is 42.4 Å². The fraction of sp³-hybridized carbons (Fsp3) is 0.571. The Kier molecular flexibility index (Phi) is 5.42. The third-order valence-electron chi connectivity index (χ3n) is 6.26. The smallest absolute Gasteiger partial charge is 0.334 e. The highest BCUT2D eigenvalue weighted by molar-refractivity contribution is 9.12. The maximum absolute atomic E-state index is 13.3. The van der Waals surface area contributed by atoms with Crippen LogP contribution in [0.2, 0.25) is 0 Å². The van der Waals surface area contributed by atoms with Crippen LogP contribution >= 0.6 is 31.9 Å². The molecule has 150 valence electrons. The van der Waals surface area contributed by atoms with Crippen LogP contribution in [0.5, 0.6) is 5.75 Å². The summed E-state index contributed by atoms with van der Waals surface area (Å²) >= 11 is 7.39. The van der Waals surface area contributed by atoms with Gasteiger partial charge in [-0.05, 0) is 42.7 Å². The molecule has 2 saturated carbocycles. The molecule has 1 aromatic rings. The predicted molar refractivity (Wildman–Crippen MR) is 111 cm³/mol. The van der Waals surface area contributed by atoms with Gasteiger partial charge in [0.1, 0.15) is 11.8 Å². The molecule has 5 nitrogen and oxygen atoms in total. The van der Waals surface area contributed by atoms with Crippen LogP contribution in [0.4, 0.5) is 0 Å². The number of hydrogen-bond acceptors (Lipinski definition) is 4. The number of imide groups is 1. The van der Waals surface area contributed by atoms with Crippen LogP contribution in [0.3, 0.4) is 0 Å².